The van der Waals surface area contributed by atoms with Gasteiger partial charge in [0.05, 0.1) is 18.8 Å². The molecular weight excluding hydrogens is 226 g/mol. The van der Waals surface area contributed by atoms with E-state index < -0.39 is 0 Å². The molecule has 0 unspecified atom stereocenters. The summed E-state index contributed by atoms with van der Waals surface area (Å²) in [6.07, 6.45) is -0.425. The first-order valence-electron chi connectivity index (χ1n) is 6.73. The van der Waals surface area contributed by atoms with Gasteiger partial charge in [0.1, 0.15) is 0 Å². The number of nitrogens with zero attached hydrogens (tertiary/aromatic N) is 1. The summed E-state index contributed by atoms with van der Waals surface area (Å²) < 4.78 is 5.68. The van der Waals surface area contributed by atoms with E-state index in [0.29, 0.717) is 6.61 Å². The molecule has 1 saturated heterocycles. The summed E-state index contributed by atoms with van der Waals surface area (Å²) in [5.41, 5.74) is 1.32. The quantitative estimate of drug-likeness (QED) is 0.884. The van der Waals surface area contributed by atoms with Crippen LogP contribution in [0.3, 0.4) is 0 Å². The van der Waals surface area contributed by atoms with Gasteiger partial charge in [0.25, 0.3) is 0 Å². The number of aliphatic hydroxyl groups excluding tert-OH is 1. The molecule has 100 valence electrons. The number of hydrogen-bond donors (Lipinski definition) is 1. The predicted octanol–water partition coefficient (Wildman–Crippen LogP) is 1.90. The molecule has 1 aromatic rings. The van der Waals surface area contributed by atoms with Crippen LogP contribution in [0.1, 0.15) is 19.4 Å². The van der Waals surface area contributed by atoms with E-state index in [1.807, 2.05) is 19.9 Å². The molecule has 2 atom stereocenters. The van der Waals surface area contributed by atoms with Gasteiger partial charge < -0.3 is 9.84 Å². The number of aliphatic hydroxyl groups is 1. The first-order valence-corrected chi connectivity index (χ1v) is 6.73. The van der Waals surface area contributed by atoms with E-state index in [4.69, 9.17) is 4.74 Å². The molecule has 1 aliphatic rings. The van der Waals surface area contributed by atoms with E-state index in [1.54, 1.807) is 0 Å². The summed E-state index contributed by atoms with van der Waals surface area (Å²) in [4.78, 5) is 2.36. The van der Waals surface area contributed by atoms with Crippen LogP contribution in [0.15, 0.2) is 30.3 Å². The maximum absolute atomic E-state index is 10.1. The first-order chi connectivity index (χ1) is 8.66. The summed E-state index contributed by atoms with van der Waals surface area (Å²) in [5.74, 6) is 0.242. The van der Waals surface area contributed by atoms with Crippen LogP contribution in [0.4, 0.5) is 0 Å². The van der Waals surface area contributed by atoms with Crippen molar-refractivity contribution < 1.29 is 9.84 Å². The average Bonchev–Trinajstić information content (AvgIpc) is 2.39. The van der Waals surface area contributed by atoms with E-state index in [-0.39, 0.29) is 18.1 Å². The summed E-state index contributed by atoms with van der Waals surface area (Å²) in [6, 6.07) is 10.5. The molecule has 1 heterocycles. The molecule has 1 N–H and O–H groups in total. The van der Waals surface area contributed by atoms with Gasteiger partial charge in [-0.15, -0.1) is 0 Å². The third-order valence-electron chi connectivity index (χ3n) is 3.49. The fraction of sp³-hybridized carbons (Fsp3) is 0.600. The zero-order valence-electron chi connectivity index (χ0n) is 11.2. The highest BCUT2D eigenvalue weighted by molar-refractivity contribution is 5.14. The van der Waals surface area contributed by atoms with Crippen molar-refractivity contribution in [3.63, 3.8) is 0 Å². The largest absolute Gasteiger partial charge is 0.390 e. The number of rotatable bonds is 4. The molecule has 0 saturated carbocycles. The van der Waals surface area contributed by atoms with Crippen molar-refractivity contribution in [2.24, 2.45) is 5.92 Å². The Morgan fingerprint density at radius 1 is 1.33 bits per heavy atom. The molecule has 0 amide bonds. The Hall–Kier alpha value is -0.900. The second-order valence-corrected chi connectivity index (χ2v) is 5.36. The van der Waals surface area contributed by atoms with Gasteiger partial charge in [-0.05, 0) is 11.5 Å². The standard InChI is InChI=1S/C15H23NO2/c1-12(2)15(17)14-11-16(8-9-18-14)10-13-6-4-3-5-7-13/h3-7,12,14-15,17H,8-11H2,1-2H3/t14-,15+/m1/s1. The molecule has 2 rings (SSSR count). The molecule has 1 aromatic carbocycles. The van der Waals surface area contributed by atoms with Gasteiger partial charge in [-0.2, -0.15) is 0 Å². The van der Waals surface area contributed by atoms with Crippen LogP contribution in [0.2, 0.25) is 0 Å². The van der Waals surface area contributed by atoms with E-state index >= 15 is 0 Å². The molecule has 0 aromatic heterocycles. The Balaban J connectivity index is 1.91. The van der Waals surface area contributed by atoms with E-state index in [2.05, 4.69) is 29.2 Å². The maximum atomic E-state index is 10.1. The zero-order valence-corrected chi connectivity index (χ0v) is 11.2. The first kappa shape index (κ1) is 13.5. The summed E-state index contributed by atoms with van der Waals surface area (Å²) >= 11 is 0. The lowest BCUT2D eigenvalue weighted by molar-refractivity contribution is -0.103. The van der Waals surface area contributed by atoms with Gasteiger partial charge >= 0.3 is 0 Å². The van der Waals surface area contributed by atoms with Crippen LogP contribution in [-0.2, 0) is 11.3 Å². The Morgan fingerprint density at radius 3 is 2.72 bits per heavy atom. The Labute approximate surface area is 109 Å². The highest BCUT2D eigenvalue weighted by atomic mass is 16.5. The van der Waals surface area contributed by atoms with Crippen LogP contribution in [-0.4, -0.2) is 41.9 Å². The summed E-state index contributed by atoms with van der Waals surface area (Å²) in [7, 11) is 0. The number of morpholine rings is 1. The monoisotopic (exact) mass is 249 g/mol. The number of ether oxygens (including phenoxy) is 1. The molecule has 1 aliphatic heterocycles. The van der Waals surface area contributed by atoms with Gasteiger partial charge in [0.15, 0.2) is 0 Å². The minimum absolute atomic E-state index is 0.0533. The Morgan fingerprint density at radius 2 is 2.06 bits per heavy atom. The maximum Gasteiger partial charge on any atom is 0.0963 e. The molecular formula is C15H23NO2. The average molecular weight is 249 g/mol. The molecule has 1 fully saturated rings. The zero-order chi connectivity index (χ0) is 13.0. The van der Waals surface area contributed by atoms with Gasteiger partial charge in [0.2, 0.25) is 0 Å². The summed E-state index contributed by atoms with van der Waals surface area (Å²) in [5, 5.41) is 10.1. The van der Waals surface area contributed by atoms with Crippen LogP contribution in [0.25, 0.3) is 0 Å². The molecule has 0 radical (unpaired) electrons. The molecule has 0 bridgehead atoms. The molecule has 0 spiro atoms. The lowest BCUT2D eigenvalue weighted by atomic mass is 10.0. The predicted molar refractivity (Wildman–Crippen MR) is 72.3 cm³/mol. The number of benzene rings is 1. The van der Waals surface area contributed by atoms with Crippen LogP contribution >= 0.6 is 0 Å². The van der Waals surface area contributed by atoms with Crippen LogP contribution in [0.5, 0.6) is 0 Å². The van der Waals surface area contributed by atoms with Gasteiger partial charge in [-0.3, -0.25) is 4.90 Å². The molecule has 3 nitrogen and oxygen atoms in total. The highest BCUT2D eigenvalue weighted by Gasteiger charge is 2.28. The van der Waals surface area contributed by atoms with E-state index in [9.17, 15) is 5.11 Å². The fourth-order valence-electron chi connectivity index (χ4n) is 2.35. The third-order valence-corrected chi connectivity index (χ3v) is 3.49. The van der Waals surface area contributed by atoms with Crippen molar-refractivity contribution in [2.45, 2.75) is 32.6 Å². The van der Waals surface area contributed by atoms with Gasteiger partial charge in [-0.25, -0.2) is 0 Å². The molecule has 3 heteroatoms. The third kappa shape index (κ3) is 3.55. The summed E-state index contributed by atoms with van der Waals surface area (Å²) in [6.45, 7) is 7.46. The second-order valence-electron chi connectivity index (χ2n) is 5.36. The second kappa shape index (κ2) is 6.32. The van der Waals surface area contributed by atoms with Crippen molar-refractivity contribution in [2.75, 3.05) is 19.7 Å². The van der Waals surface area contributed by atoms with E-state index in [1.165, 1.54) is 5.56 Å². The van der Waals surface area contributed by atoms with Crippen molar-refractivity contribution in [3.8, 4) is 0 Å². The van der Waals surface area contributed by atoms with Crippen LogP contribution < -0.4 is 0 Å². The minimum Gasteiger partial charge on any atom is -0.390 e. The lowest BCUT2D eigenvalue weighted by Crippen LogP contribution is -2.48. The van der Waals surface area contributed by atoms with Crippen molar-refractivity contribution in [1.29, 1.82) is 0 Å². The Bertz CT molecular complexity index is 353. The van der Waals surface area contributed by atoms with Gasteiger partial charge in [0, 0.05) is 19.6 Å². The minimum atomic E-state index is -0.372. The molecule has 18 heavy (non-hydrogen) atoms. The lowest BCUT2D eigenvalue weighted by Gasteiger charge is -2.36. The van der Waals surface area contributed by atoms with Crippen LogP contribution in [0, 0.1) is 5.92 Å². The fourth-order valence-corrected chi connectivity index (χ4v) is 2.35. The topological polar surface area (TPSA) is 32.7 Å². The van der Waals surface area contributed by atoms with Crippen molar-refractivity contribution in [1.82, 2.24) is 4.90 Å². The Kier molecular flexibility index (Phi) is 4.75. The van der Waals surface area contributed by atoms with E-state index in [0.717, 1.165) is 19.6 Å². The SMILES string of the molecule is CC(C)[C@H](O)[C@H]1CN(Cc2ccccc2)CCO1. The normalized spacial score (nSPS) is 23.2. The van der Waals surface area contributed by atoms with Crippen molar-refractivity contribution >= 4 is 0 Å². The van der Waals surface area contributed by atoms with Crippen molar-refractivity contribution in [3.05, 3.63) is 35.9 Å². The van der Waals surface area contributed by atoms with Gasteiger partial charge in [-0.1, -0.05) is 44.2 Å². The number of hydrogen-bond acceptors (Lipinski definition) is 3. The molecule has 0 aliphatic carbocycles. The highest BCUT2D eigenvalue weighted by Crippen LogP contribution is 2.16. The smallest absolute Gasteiger partial charge is 0.0963 e.